The van der Waals surface area contributed by atoms with Crippen LogP contribution in [0.25, 0.3) is 5.69 Å². The molecule has 142 valence electrons. The number of aryl methyl sites for hydroxylation is 1. The van der Waals surface area contributed by atoms with Crippen molar-refractivity contribution in [2.75, 3.05) is 22.9 Å². The van der Waals surface area contributed by atoms with Crippen molar-refractivity contribution in [3.8, 4) is 5.69 Å². The van der Waals surface area contributed by atoms with Gasteiger partial charge < -0.3 is 9.80 Å². The van der Waals surface area contributed by atoms with Crippen LogP contribution in [-0.4, -0.2) is 39.9 Å². The lowest BCUT2D eigenvalue weighted by Gasteiger charge is -2.17. The molecule has 1 amide bonds. The predicted molar refractivity (Wildman–Crippen MR) is 105 cm³/mol. The van der Waals surface area contributed by atoms with Gasteiger partial charge in [-0.1, -0.05) is 12.1 Å². The van der Waals surface area contributed by atoms with Crippen molar-refractivity contribution >= 4 is 17.4 Å². The highest BCUT2D eigenvalue weighted by molar-refractivity contribution is 6.09. The van der Waals surface area contributed by atoms with Crippen LogP contribution in [0, 0.1) is 6.92 Å². The van der Waals surface area contributed by atoms with Gasteiger partial charge in [0.1, 0.15) is 12.0 Å². The molecule has 0 unspecified atom stereocenters. The van der Waals surface area contributed by atoms with Gasteiger partial charge in [0.25, 0.3) is 5.91 Å². The molecule has 3 aromatic rings. The fourth-order valence-corrected chi connectivity index (χ4v) is 3.84. The summed E-state index contributed by atoms with van der Waals surface area (Å²) in [5.74, 6) is 0.729. The van der Waals surface area contributed by atoms with Gasteiger partial charge in [0.15, 0.2) is 0 Å². The summed E-state index contributed by atoms with van der Waals surface area (Å²) in [5, 5.41) is 4.59. The maximum Gasteiger partial charge on any atom is 0.262 e. The van der Waals surface area contributed by atoms with Crippen molar-refractivity contribution in [2.24, 2.45) is 0 Å². The minimum Gasteiger partial charge on any atom is -0.354 e. The van der Waals surface area contributed by atoms with E-state index in [2.05, 4.69) is 10.1 Å². The molecule has 0 bridgehead atoms. The maximum atomic E-state index is 13.4. The number of benzene rings is 1. The van der Waals surface area contributed by atoms with Gasteiger partial charge in [0.05, 0.1) is 36.2 Å². The number of carbonyl (C=O) groups excluding carboxylic acids is 1. The lowest BCUT2D eigenvalue weighted by atomic mass is 10.2. The van der Waals surface area contributed by atoms with Crippen LogP contribution >= 0.6 is 0 Å². The van der Waals surface area contributed by atoms with Crippen LogP contribution in [0.2, 0.25) is 0 Å². The second-order valence-electron chi connectivity index (χ2n) is 7.37. The third kappa shape index (κ3) is 2.83. The Morgan fingerprint density at radius 3 is 2.75 bits per heavy atom. The zero-order chi connectivity index (χ0) is 19.3. The Morgan fingerprint density at radius 2 is 2.07 bits per heavy atom. The van der Waals surface area contributed by atoms with E-state index in [4.69, 9.17) is 0 Å². The number of pyridine rings is 1. The lowest BCUT2D eigenvalue weighted by molar-refractivity contribution is 0.0996. The molecule has 7 heteroatoms. The summed E-state index contributed by atoms with van der Waals surface area (Å²) in [6.45, 7) is 3.55. The smallest absolute Gasteiger partial charge is 0.262 e. The van der Waals surface area contributed by atoms with Crippen molar-refractivity contribution in [1.29, 1.82) is 0 Å². The Labute approximate surface area is 162 Å². The number of hydrogen-bond donors (Lipinski definition) is 0. The molecule has 2 aromatic heterocycles. The topological polar surface area (TPSA) is 54.3 Å². The molecular formula is C21H20FN5O. The lowest BCUT2D eigenvalue weighted by Crippen LogP contribution is -2.23. The fourth-order valence-electron chi connectivity index (χ4n) is 3.84. The monoisotopic (exact) mass is 377 g/mol. The summed E-state index contributed by atoms with van der Waals surface area (Å²) in [4.78, 5) is 21.0. The molecule has 6 nitrogen and oxygen atoms in total. The minimum atomic E-state index is -0.780. The molecule has 4 heterocycles. The number of halogens is 1. The second-order valence-corrected chi connectivity index (χ2v) is 7.37. The van der Waals surface area contributed by atoms with Crippen LogP contribution < -0.4 is 9.80 Å². The van der Waals surface area contributed by atoms with Crippen LogP contribution in [0.4, 0.5) is 15.9 Å². The van der Waals surface area contributed by atoms with E-state index < -0.39 is 6.17 Å². The number of fused-ring (bicyclic) bond motifs is 1. The highest BCUT2D eigenvalue weighted by Gasteiger charge is 2.32. The first-order valence-electron chi connectivity index (χ1n) is 9.41. The van der Waals surface area contributed by atoms with Crippen LogP contribution in [0.15, 0.2) is 48.8 Å². The molecule has 2 aliphatic rings. The van der Waals surface area contributed by atoms with Crippen molar-refractivity contribution in [3.63, 3.8) is 0 Å². The van der Waals surface area contributed by atoms with Gasteiger partial charge in [-0.2, -0.15) is 5.10 Å². The summed E-state index contributed by atoms with van der Waals surface area (Å²) in [7, 11) is 0. The largest absolute Gasteiger partial charge is 0.354 e. The first kappa shape index (κ1) is 16.9. The van der Waals surface area contributed by atoms with Crippen LogP contribution in [0.3, 0.4) is 0 Å². The average molecular weight is 377 g/mol. The second kappa shape index (κ2) is 6.44. The van der Waals surface area contributed by atoms with E-state index in [0.717, 1.165) is 28.5 Å². The Kier molecular flexibility index (Phi) is 3.89. The van der Waals surface area contributed by atoms with Gasteiger partial charge in [-0.15, -0.1) is 0 Å². The molecule has 1 atom stereocenters. The zero-order valence-electron chi connectivity index (χ0n) is 15.5. The third-order valence-electron chi connectivity index (χ3n) is 5.34. The van der Waals surface area contributed by atoms with E-state index >= 15 is 0 Å². The number of rotatable bonds is 3. The molecule has 5 rings (SSSR count). The average Bonchev–Trinajstić information content (AvgIpc) is 3.38. The summed E-state index contributed by atoms with van der Waals surface area (Å²) in [5.41, 5.74) is 4.16. The first-order valence-corrected chi connectivity index (χ1v) is 9.41. The molecule has 1 saturated heterocycles. The molecule has 0 saturated carbocycles. The van der Waals surface area contributed by atoms with Crippen LogP contribution in [-0.2, 0) is 6.54 Å². The summed E-state index contributed by atoms with van der Waals surface area (Å²) < 4.78 is 15.1. The van der Waals surface area contributed by atoms with Gasteiger partial charge >= 0.3 is 0 Å². The highest BCUT2D eigenvalue weighted by atomic mass is 19.1. The number of carbonyl (C=O) groups is 1. The minimum absolute atomic E-state index is 0.0394. The maximum absolute atomic E-state index is 13.4. The van der Waals surface area contributed by atoms with Gasteiger partial charge in [-0.3, -0.25) is 4.79 Å². The molecule has 0 radical (unpaired) electrons. The SMILES string of the molecule is Cc1cccc(N2Cc3nn(-c4ccc(N5CC[C@H](F)C5)nc4)cc3C2=O)c1. The number of hydrogen-bond acceptors (Lipinski definition) is 4. The van der Waals surface area contributed by atoms with Crippen LogP contribution in [0.5, 0.6) is 0 Å². The Morgan fingerprint density at radius 1 is 1.18 bits per heavy atom. The zero-order valence-corrected chi connectivity index (χ0v) is 15.5. The van der Waals surface area contributed by atoms with E-state index in [1.807, 2.05) is 48.2 Å². The van der Waals surface area contributed by atoms with Crippen LogP contribution in [0.1, 0.15) is 28.0 Å². The molecule has 2 aliphatic heterocycles. The van der Waals surface area contributed by atoms with E-state index in [0.29, 0.717) is 31.6 Å². The van der Waals surface area contributed by atoms with E-state index in [-0.39, 0.29) is 5.91 Å². The molecule has 0 N–H and O–H groups in total. The predicted octanol–water partition coefficient (Wildman–Crippen LogP) is 3.28. The van der Waals surface area contributed by atoms with Gasteiger partial charge in [-0.05, 0) is 43.2 Å². The normalized spacial score (nSPS) is 18.8. The fraction of sp³-hybridized carbons (Fsp3) is 0.286. The number of aromatic nitrogens is 3. The van der Waals surface area contributed by atoms with E-state index in [1.165, 1.54) is 0 Å². The number of alkyl halides is 1. The summed E-state index contributed by atoms with van der Waals surface area (Å²) in [6.07, 6.45) is 3.25. The van der Waals surface area contributed by atoms with Gasteiger partial charge in [0, 0.05) is 18.4 Å². The number of nitrogens with zero attached hydrogens (tertiary/aromatic N) is 5. The number of anilines is 2. The van der Waals surface area contributed by atoms with Gasteiger partial charge in [-0.25, -0.2) is 14.1 Å². The molecular weight excluding hydrogens is 357 g/mol. The van der Waals surface area contributed by atoms with Crippen molar-refractivity contribution < 1.29 is 9.18 Å². The molecule has 0 spiro atoms. The van der Waals surface area contributed by atoms with Gasteiger partial charge in [0.2, 0.25) is 0 Å². The highest BCUT2D eigenvalue weighted by Crippen LogP contribution is 2.29. The summed E-state index contributed by atoms with van der Waals surface area (Å²) in [6, 6.07) is 11.7. The van der Waals surface area contributed by atoms with E-state index in [1.54, 1.807) is 22.0 Å². The first-order chi connectivity index (χ1) is 13.6. The quantitative estimate of drug-likeness (QED) is 0.703. The Balaban J connectivity index is 1.37. The molecule has 0 aliphatic carbocycles. The summed E-state index contributed by atoms with van der Waals surface area (Å²) >= 11 is 0. The number of amides is 1. The third-order valence-corrected chi connectivity index (χ3v) is 5.34. The van der Waals surface area contributed by atoms with Crippen molar-refractivity contribution in [2.45, 2.75) is 26.1 Å². The molecule has 28 heavy (non-hydrogen) atoms. The molecule has 1 aromatic carbocycles. The molecule has 1 fully saturated rings. The van der Waals surface area contributed by atoms with E-state index in [9.17, 15) is 9.18 Å². The standard InChI is InChI=1S/C21H20FN5O/c1-14-3-2-4-16(9-14)26-13-19-18(21(26)28)12-27(24-19)17-5-6-20(23-10-17)25-8-7-15(22)11-25/h2-6,9-10,12,15H,7-8,11,13H2,1H3/t15-/m0/s1. The Hall–Kier alpha value is -3.22. The van der Waals surface area contributed by atoms with Crippen molar-refractivity contribution in [1.82, 2.24) is 14.8 Å². The Bertz CT molecular complexity index is 1050. The van der Waals surface area contributed by atoms with Crippen molar-refractivity contribution in [3.05, 3.63) is 65.6 Å².